The van der Waals surface area contributed by atoms with Gasteiger partial charge in [-0.2, -0.15) is 0 Å². The number of ether oxygens (including phenoxy) is 4. The monoisotopic (exact) mass is 404 g/mol. The van der Waals surface area contributed by atoms with E-state index in [9.17, 15) is 9.59 Å². The van der Waals surface area contributed by atoms with E-state index in [1.54, 1.807) is 7.11 Å². The molecule has 1 unspecified atom stereocenters. The predicted octanol–water partition coefficient (Wildman–Crippen LogP) is 3.21. The van der Waals surface area contributed by atoms with E-state index in [0.717, 1.165) is 31.3 Å². The van der Waals surface area contributed by atoms with Gasteiger partial charge in [0.15, 0.2) is 5.78 Å². The van der Waals surface area contributed by atoms with Gasteiger partial charge in [0.1, 0.15) is 6.79 Å². The van der Waals surface area contributed by atoms with Gasteiger partial charge in [-0.1, -0.05) is 18.2 Å². The van der Waals surface area contributed by atoms with Crippen LogP contribution in [0, 0.1) is 22.7 Å². The number of hydrogen-bond acceptors (Lipinski definition) is 6. The molecule has 4 bridgehead atoms. The lowest BCUT2D eigenvalue weighted by molar-refractivity contribution is -0.142. The zero-order chi connectivity index (χ0) is 20.5. The highest BCUT2D eigenvalue weighted by Gasteiger charge is 2.72. The van der Waals surface area contributed by atoms with Crippen LogP contribution in [0.3, 0.4) is 0 Å². The highest BCUT2D eigenvalue weighted by molar-refractivity contribution is 5.99. The Morgan fingerprint density at radius 2 is 2.14 bits per heavy atom. The zero-order valence-electron chi connectivity index (χ0n) is 17.5. The van der Waals surface area contributed by atoms with Crippen molar-refractivity contribution in [3.05, 3.63) is 23.8 Å². The summed E-state index contributed by atoms with van der Waals surface area (Å²) >= 11 is 0. The van der Waals surface area contributed by atoms with Crippen molar-refractivity contribution in [2.75, 3.05) is 33.7 Å². The van der Waals surface area contributed by atoms with Crippen LogP contribution in [0.2, 0.25) is 0 Å². The summed E-state index contributed by atoms with van der Waals surface area (Å²) in [5.41, 5.74) is 0.596. The van der Waals surface area contributed by atoms with Crippen LogP contribution in [0.25, 0.3) is 0 Å². The van der Waals surface area contributed by atoms with Crippen LogP contribution in [0.5, 0.6) is 0 Å². The summed E-state index contributed by atoms with van der Waals surface area (Å²) in [5.74, 6) is 0.519. The van der Waals surface area contributed by atoms with Crippen molar-refractivity contribution in [3.63, 3.8) is 0 Å². The van der Waals surface area contributed by atoms with Gasteiger partial charge in [-0.3, -0.25) is 9.59 Å². The van der Waals surface area contributed by atoms with Crippen LogP contribution < -0.4 is 0 Å². The molecule has 4 aliphatic carbocycles. The average molecular weight is 405 g/mol. The predicted molar refractivity (Wildman–Crippen MR) is 106 cm³/mol. The van der Waals surface area contributed by atoms with Crippen LogP contribution in [0.4, 0.5) is 0 Å². The molecule has 0 N–H and O–H groups in total. The molecular formula is C23H32O6. The standard InChI is InChI=1S/C23H32O6/c1-16(24)28-11-10-22-14-19(25)17-6-3-4-9-23(17)20(22)8-5-7-18(22)21(23)29-13-12-27-15-26-2/h5-7,18,20-21H,3-4,8-15H2,1-2H3/t18-,20+,21?,22-,23-/m0/s1. The molecule has 0 aromatic carbocycles. The van der Waals surface area contributed by atoms with E-state index in [1.165, 1.54) is 6.92 Å². The number of carbonyl (C=O) groups excluding carboxylic acids is 2. The lowest BCUT2D eigenvalue weighted by Gasteiger charge is -2.51. The summed E-state index contributed by atoms with van der Waals surface area (Å²) in [6.07, 6.45) is 11.9. The van der Waals surface area contributed by atoms with E-state index in [0.29, 0.717) is 38.6 Å². The Hall–Kier alpha value is -1.50. The molecule has 6 heteroatoms. The number of hydrogen-bond donors (Lipinski definition) is 0. The van der Waals surface area contributed by atoms with Crippen LogP contribution in [-0.4, -0.2) is 51.6 Å². The van der Waals surface area contributed by atoms with Crippen molar-refractivity contribution >= 4 is 11.8 Å². The first kappa shape index (κ1) is 20.8. The summed E-state index contributed by atoms with van der Waals surface area (Å²) in [4.78, 5) is 24.6. The third-order valence-corrected chi connectivity index (χ3v) is 7.56. The highest BCUT2D eigenvalue weighted by Crippen LogP contribution is 2.73. The van der Waals surface area contributed by atoms with Gasteiger partial charge in [-0.25, -0.2) is 0 Å². The Labute approximate surface area is 172 Å². The maximum absolute atomic E-state index is 13.3. The van der Waals surface area contributed by atoms with Gasteiger partial charge in [0.05, 0.1) is 25.9 Å². The summed E-state index contributed by atoms with van der Waals surface area (Å²) in [6, 6.07) is 0. The third kappa shape index (κ3) is 3.29. The molecule has 160 valence electrons. The summed E-state index contributed by atoms with van der Waals surface area (Å²) in [5, 5.41) is 0. The number of rotatable bonds is 9. The number of esters is 1. The minimum absolute atomic E-state index is 0.0345. The van der Waals surface area contributed by atoms with Crippen LogP contribution in [0.15, 0.2) is 23.8 Å². The molecule has 2 fully saturated rings. The molecule has 6 nitrogen and oxygen atoms in total. The molecule has 1 spiro atoms. The molecular weight excluding hydrogens is 372 g/mol. The molecule has 2 saturated carbocycles. The maximum atomic E-state index is 13.3. The molecule has 29 heavy (non-hydrogen) atoms. The van der Waals surface area contributed by atoms with Crippen molar-refractivity contribution in [3.8, 4) is 0 Å². The second-order valence-electron chi connectivity index (χ2n) is 8.82. The Morgan fingerprint density at radius 1 is 1.28 bits per heavy atom. The van der Waals surface area contributed by atoms with Gasteiger partial charge in [0.2, 0.25) is 0 Å². The van der Waals surface area contributed by atoms with Crippen LogP contribution in [-0.2, 0) is 28.5 Å². The fourth-order valence-electron chi connectivity index (χ4n) is 6.74. The fraction of sp³-hybridized carbons (Fsp3) is 0.739. The van der Waals surface area contributed by atoms with Crippen LogP contribution >= 0.6 is 0 Å². The number of carbonyl (C=O) groups is 2. The van der Waals surface area contributed by atoms with E-state index in [1.807, 2.05) is 0 Å². The molecule has 4 rings (SSSR count). The molecule has 0 amide bonds. The van der Waals surface area contributed by atoms with Gasteiger partial charge in [0, 0.05) is 37.4 Å². The second-order valence-corrected chi connectivity index (χ2v) is 8.82. The number of allylic oxidation sites excluding steroid dienone is 2. The van der Waals surface area contributed by atoms with E-state index in [4.69, 9.17) is 18.9 Å². The van der Waals surface area contributed by atoms with Crippen molar-refractivity contribution < 1.29 is 28.5 Å². The minimum atomic E-state index is -0.265. The van der Waals surface area contributed by atoms with Gasteiger partial charge >= 0.3 is 5.97 Å². The largest absolute Gasteiger partial charge is 0.466 e. The normalized spacial score (nSPS) is 37.2. The van der Waals surface area contributed by atoms with Gasteiger partial charge < -0.3 is 18.9 Å². The first-order chi connectivity index (χ1) is 14.1. The number of Topliss-reactive ketones (excluding diaryl/α,β-unsaturated/α-hetero) is 1. The Morgan fingerprint density at radius 3 is 2.93 bits per heavy atom. The summed E-state index contributed by atoms with van der Waals surface area (Å²) in [6.45, 7) is 3.00. The smallest absolute Gasteiger partial charge is 0.302 e. The maximum Gasteiger partial charge on any atom is 0.302 e. The highest BCUT2D eigenvalue weighted by atomic mass is 16.7. The Balaban J connectivity index is 1.65. The first-order valence-electron chi connectivity index (χ1n) is 10.8. The quantitative estimate of drug-likeness (QED) is 0.254. The molecule has 0 heterocycles. The van der Waals surface area contributed by atoms with Crippen molar-refractivity contribution in [1.82, 2.24) is 0 Å². The minimum Gasteiger partial charge on any atom is -0.466 e. The summed E-state index contributed by atoms with van der Waals surface area (Å²) in [7, 11) is 1.60. The second kappa shape index (κ2) is 8.32. The SMILES string of the molecule is COCOCCOC1[C@@H]2C=CC[C@@H]3[C@@]2(CCOC(C)=O)CC(=O)C2=CCCC[C@@]213. The van der Waals surface area contributed by atoms with Crippen molar-refractivity contribution in [2.45, 2.75) is 51.6 Å². The van der Waals surface area contributed by atoms with Crippen LogP contribution in [0.1, 0.15) is 45.4 Å². The Bertz CT molecular complexity index is 712. The molecule has 0 aromatic rings. The lowest BCUT2D eigenvalue weighted by atomic mass is 9.52. The Kier molecular flexibility index (Phi) is 5.96. The van der Waals surface area contributed by atoms with Crippen molar-refractivity contribution in [1.29, 1.82) is 0 Å². The number of methoxy groups -OCH3 is 1. The molecule has 0 aliphatic heterocycles. The molecule has 5 atom stereocenters. The molecule has 0 aromatic heterocycles. The number of ketones is 1. The van der Waals surface area contributed by atoms with Gasteiger partial charge in [-0.15, -0.1) is 0 Å². The average Bonchev–Trinajstić information content (AvgIpc) is 2.80. The zero-order valence-corrected chi connectivity index (χ0v) is 17.5. The first-order valence-corrected chi connectivity index (χ1v) is 10.8. The topological polar surface area (TPSA) is 71.1 Å². The van der Waals surface area contributed by atoms with Gasteiger partial charge in [0.25, 0.3) is 0 Å². The van der Waals surface area contributed by atoms with E-state index in [2.05, 4.69) is 18.2 Å². The van der Waals surface area contributed by atoms with Crippen molar-refractivity contribution in [2.24, 2.45) is 22.7 Å². The van der Waals surface area contributed by atoms with E-state index >= 15 is 0 Å². The summed E-state index contributed by atoms with van der Waals surface area (Å²) < 4.78 is 22.2. The van der Waals surface area contributed by atoms with Gasteiger partial charge in [-0.05, 0) is 43.4 Å². The lowest BCUT2D eigenvalue weighted by Crippen LogP contribution is -2.49. The third-order valence-electron chi connectivity index (χ3n) is 7.56. The van der Waals surface area contributed by atoms with E-state index < -0.39 is 0 Å². The molecule has 4 aliphatic rings. The molecule has 0 radical (unpaired) electrons. The fourth-order valence-corrected chi connectivity index (χ4v) is 6.74. The molecule has 0 saturated heterocycles. The van der Waals surface area contributed by atoms with E-state index in [-0.39, 0.29) is 41.4 Å².